The van der Waals surface area contributed by atoms with Crippen LogP contribution in [-0.2, 0) is 4.79 Å². The molecule has 0 atom stereocenters. The van der Waals surface area contributed by atoms with Gasteiger partial charge in [0.15, 0.2) is 0 Å². The van der Waals surface area contributed by atoms with Gasteiger partial charge in [-0.05, 0) is 12.1 Å². The van der Waals surface area contributed by atoms with E-state index >= 15 is 0 Å². The Kier molecular flexibility index (Phi) is 3.82. The van der Waals surface area contributed by atoms with E-state index in [4.69, 9.17) is 11.5 Å². The maximum atomic E-state index is 12.1. The summed E-state index contributed by atoms with van der Waals surface area (Å²) in [7, 11) is 0. The zero-order valence-corrected chi connectivity index (χ0v) is 10.6. The molecule has 0 bridgehead atoms. The molecule has 1 aromatic rings. The molecular formula is C14H12N2O4. The molecule has 6 heteroatoms. The van der Waals surface area contributed by atoms with Gasteiger partial charge in [-0.1, -0.05) is 18.1 Å². The Morgan fingerprint density at radius 2 is 1.80 bits per heavy atom. The smallest absolute Gasteiger partial charge is 0.317 e. The van der Waals surface area contributed by atoms with Crippen LogP contribution in [0.4, 0.5) is 0 Å². The molecule has 0 spiro atoms. The van der Waals surface area contributed by atoms with Crippen LogP contribution in [0.15, 0.2) is 24.3 Å². The highest BCUT2D eigenvalue weighted by Crippen LogP contribution is 2.22. The second-order valence-electron chi connectivity index (χ2n) is 4.31. The Balaban J connectivity index is 2.19. The van der Waals surface area contributed by atoms with Crippen molar-refractivity contribution in [2.24, 2.45) is 0 Å². The Hall–Kier alpha value is -2.65. The average molecular weight is 272 g/mol. The normalized spacial score (nSPS) is 13.5. The largest absolute Gasteiger partial charge is 0.480 e. The number of aliphatic carboxylic acids is 1. The summed E-state index contributed by atoms with van der Waals surface area (Å²) in [6, 6.07) is 6.48. The van der Waals surface area contributed by atoms with Gasteiger partial charge >= 0.3 is 5.97 Å². The third-order valence-electron chi connectivity index (χ3n) is 2.89. The maximum Gasteiger partial charge on any atom is 0.317 e. The van der Waals surface area contributed by atoms with E-state index in [2.05, 4.69) is 5.92 Å². The van der Waals surface area contributed by atoms with Crippen molar-refractivity contribution in [3.05, 3.63) is 35.4 Å². The third-order valence-corrected chi connectivity index (χ3v) is 2.89. The Bertz CT molecular complexity index is 583. The quantitative estimate of drug-likeness (QED) is 0.614. The van der Waals surface area contributed by atoms with E-state index in [1.165, 1.54) is 4.90 Å². The van der Waals surface area contributed by atoms with Crippen molar-refractivity contribution < 1.29 is 19.5 Å². The van der Waals surface area contributed by atoms with Gasteiger partial charge in [0, 0.05) is 0 Å². The molecular weight excluding hydrogens is 260 g/mol. The highest BCUT2D eigenvalue weighted by molar-refractivity contribution is 6.21. The lowest BCUT2D eigenvalue weighted by Crippen LogP contribution is -2.43. The van der Waals surface area contributed by atoms with Gasteiger partial charge in [-0.3, -0.25) is 24.2 Å². The number of nitrogens with zero attached hydrogens (tertiary/aromatic N) is 2. The summed E-state index contributed by atoms with van der Waals surface area (Å²) in [6.45, 7) is -0.430. The van der Waals surface area contributed by atoms with Crippen LogP contribution in [0.25, 0.3) is 0 Å². The van der Waals surface area contributed by atoms with E-state index in [0.717, 1.165) is 4.90 Å². The summed E-state index contributed by atoms with van der Waals surface area (Å²) in [5.74, 6) is 0.374. The van der Waals surface area contributed by atoms with Crippen molar-refractivity contribution in [2.75, 3.05) is 19.8 Å². The number of carbonyl (C=O) groups is 3. The first kappa shape index (κ1) is 13.8. The number of rotatable bonds is 5. The predicted molar refractivity (Wildman–Crippen MR) is 69.9 cm³/mol. The predicted octanol–water partition coefficient (Wildman–Crippen LogP) is 0.260. The fourth-order valence-electron chi connectivity index (χ4n) is 2.04. The molecule has 1 N–H and O–H groups in total. The molecule has 2 rings (SSSR count). The zero-order chi connectivity index (χ0) is 14.7. The molecule has 0 unspecified atom stereocenters. The van der Waals surface area contributed by atoms with E-state index in [9.17, 15) is 14.4 Å². The molecule has 20 heavy (non-hydrogen) atoms. The van der Waals surface area contributed by atoms with E-state index in [1.807, 2.05) is 0 Å². The minimum absolute atomic E-state index is 0.0414. The molecule has 0 fully saturated rings. The molecule has 1 aromatic carbocycles. The molecule has 0 radical (unpaired) electrons. The van der Waals surface area contributed by atoms with Crippen molar-refractivity contribution in [2.45, 2.75) is 0 Å². The van der Waals surface area contributed by atoms with Crippen LogP contribution in [0.3, 0.4) is 0 Å². The summed E-state index contributed by atoms with van der Waals surface area (Å²) in [5, 5.41) is 8.79. The lowest BCUT2D eigenvalue weighted by atomic mass is 10.1. The summed E-state index contributed by atoms with van der Waals surface area (Å²) < 4.78 is 0. The van der Waals surface area contributed by atoms with Gasteiger partial charge in [0.05, 0.1) is 30.9 Å². The lowest BCUT2D eigenvalue weighted by Gasteiger charge is -2.23. The lowest BCUT2D eigenvalue weighted by molar-refractivity contribution is -0.138. The number of hydrogen-bond donors (Lipinski definition) is 1. The molecule has 0 saturated heterocycles. The minimum atomic E-state index is -1.07. The first-order valence-electron chi connectivity index (χ1n) is 5.87. The number of benzene rings is 1. The average Bonchev–Trinajstić information content (AvgIpc) is 2.64. The third kappa shape index (κ3) is 2.53. The fourth-order valence-corrected chi connectivity index (χ4v) is 2.04. The highest BCUT2D eigenvalue weighted by atomic mass is 16.4. The van der Waals surface area contributed by atoms with E-state index in [0.29, 0.717) is 11.1 Å². The van der Waals surface area contributed by atoms with Crippen LogP contribution in [0, 0.1) is 12.3 Å². The molecule has 1 aliphatic rings. The Morgan fingerprint density at radius 1 is 1.25 bits per heavy atom. The number of hydrogen-bond acceptors (Lipinski definition) is 4. The second kappa shape index (κ2) is 5.55. The molecule has 102 valence electrons. The number of amides is 2. The van der Waals surface area contributed by atoms with Crippen LogP contribution in [-0.4, -0.2) is 52.4 Å². The number of imide groups is 1. The van der Waals surface area contributed by atoms with Gasteiger partial charge in [-0.2, -0.15) is 0 Å². The molecule has 2 amide bonds. The van der Waals surface area contributed by atoms with E-state index < -0.39 is 17.8 Å². The van der Waals surface area contributed by atoms with Gasteiger partial charge in [-0.15, -0.1) is 6.42 Å². The summed E-state index contributed by atoms with van der Waals surface area (Å²) >= 11 is 0. The molecule has 0 aliphatic carbocycles. The number of carboxylic acids is 1. The van der Waals surface area contributed by atoms with E-state index in [-0.39, 0.29) is 19.8 Å². The van der Waals surface area contributed by atoms with Crippen molar-refractivity contribution in [3.8, 4) is 12.3 Å². The van der Waals surface area contributed by atoms with Gasteiger partial charge in [-0.25, -0.2) is 0 Å². The number of terminal acetylenes is 1. The monoisotopic (exact) mass is 272 g/mol. The first-order chi connectivity index (χ1) is 9.54. The van der Waals surface area contributed by atoms with Crippen molar-refractivity contribution in [3.63, 3.8) is 0 Å². The second-order valence-corrected chi connectivity index (χ2v) is 4.31. The number of carbonyl (C=O) groups excluding carboxylic acids is 2. The summed E-state index contributed by atoms with van der Waals surface area (Å²) in [4.78, 5) is 37.3. The first-order valence-corrected chi connectivity index (χ1v) is 5.87. The Labute approximate surface area is 115 Å². The maximum absolute atomic E-state index is 12.1. The molecule has 0 aromatic heterocycles. The molecule has 1 aliphatic heterocycles. The summed E-state index contributed by atoms with van der Waals surface area (Å²) in [6.07, 6.45) is 5.16. The SMILES string of the molecule is C#CCN(CC(=O)O)CN1C(=O)c2ccccc2C1=O. The highest BCUT2D eigenvalue weighted by Gasteiger charge is 2.36. The van der Waals surface area contributed by atoms with Gasteiger partial charge in [0.25, 0.3) is 11.8 Å². The van der Waals surface area contributed by atoms with Crippen molar-refractivity contribution >= 4 is 17.8 Å². The van der Waals surface area contributed by atoms with Crippen LogP contribution in [0.1, 0.15) is 20.7 Å². The molecule has 1 heterocycles. The van der Waals surface area contributed by atoms with E-state index in [1.54, 1.807) is 24.3 Å². The fraction of sp³-hybridized carbons (Fsp3) is 0.214. The van der Waals surface area contributed by atoms with Crippen LogP contribution in [0.2, 0.25) is 0 Å². The minimum Gasteiger partial charge on any atom is -0.480 e. The number of fused-ring (bicyclic) bond motifs is 1. The van der Waals surface area contributed by atoms with Gasteiger partial charge < -0.3 is 5.11 Å². The van der Waals surface area contributed by atoms with Gasteiger partial charge in [0.2, 0.25) is 0 Å². The van der Waals surface area contributed by atoms with Crippen LogP contribution >= 0.6 is 0 Å². The van der Waals surface area contributed by atoms with Crippen LogP contribution in [0.5, 0.6) is 0 Å². The Morgan fingerprint density at radius 3 is 2.25 bits per heavy atom. The van der Waals surface area contributed by atoms with Crippen molar-refractivity contribution in [1.29, 1.82) is 0 Å². The van der Waals surface area contributed by atoms with Crippen LogP contribution < -0.4 is 0 Å². The molecule has 0 saturated carbocycles. The zero-order valence-electron chi connectivity index (χ0n) is 10.6. The van der Waals surface area contributed by atoms with Crippen molar-refractivity contribution in [1.82, 2.24) is 9.80 Å². The molecule has 6 nitrogen and oxygen atoms in total. The van der Waals surface area contributed by atoms with Gasteiger partial charge in [0.1, 0.15) is 0 Å². The standard InChI is InChI=1S/C14H12N2O4/c1-2-7-15(8-12(17)18)9-16-13(19)10-5-3-4-6-11(10)14(16)20/h1,3-6H,7-9H2,(H,17,18). The summed E-state index contributed by atoms with van der Waals surface area (Å²) in [5.41, 5.74) is 0.655. The topological polar surface area (TPSA) is 77.9 Å². The number of carboxylic acid groups (broad SMARTS) is 1.